The summed E-state index contributed by atoms with van der Waals surface area (Å²) in [5.74, 6) is -1.06. The Morgan fingerprint density at radius 3 is 2.52 bits per heavy atom. The van der Waals surface area contributed by atoms with Crippen LogP contribution in [0.15, 0.2) is 18.5 Å². The highest BCUT2D eigenvalue weighted by molar-refractivity contribution is 5.93. The van der Waals surface area contributed by atoms with Crippen molar-refractivity contribution in [3.05, 3.63) is 18.5 Å². The minimum Gasteiger partial charge on any atom is -0.454 e. The summed E-state index contributed by atoms with van der Waals surface area (Å²) in [6.45, 7) is 1.05. The third-order valence-electron chi connectivity index (χ3n) is 2.14. The molecule has 0 unspecified atom stereocenters. The third-order valence-corrected chi connectivity index (χ3v) is 2.14. The number of likely N-dealkylation sites (N-methyl/N-ethyl adjacent to an activating group) is 1. The van der Waals surface area contributed by atoms with Gasteiger partial charge in [0.25, 0.3) is 5.91 Å². The fraction of sp³-hybridized carbons (Fsp3) is 0.417. The predicted octanol–water partition coefficient (Wildman–Crippen LogP) is -0.271. The Labute approximate surface area is 121 Å². The summed E-state index contributed by atoms with van der Waals surface area (Å²) in [6, 6.07) is 1.65. The van der Waals surface area contributed by atoms with Crippen LogP contribution in [0.4, 0.5) is 10.7 Å². The SMILES string of the molecule is CCOC(=O)NC(=O)COC(=O)CN(C)c1ncccn1. The van der Waals surface area contributed by atoms with E-state index in [-0.39, 0.29) is 13.2 Å². The van der Waals surface area contributed by atoms with Gasteiger partial charge in [-0.1, -0.05) is 0 Å². The number of aromatic nitrogens is 2. The number of hydrogen-bond acceptors (Lipinski definition) is 8. The number of alkyl carbamates (subject to hydrolysis) is 1. The van der Waals surface area contributed by atoms with Gasteiger partial charge < -0.3 is 14.4 Å². The highest BCUT2D eigenvalue weighted by Gasteiger charge is 2.14. The highest BCUT2D eigenvalue weighted by Crippen LogP contribution is 2.01. The number of amides is 2. The van der Waals surface area contributed by atoms with E-state index in [0.29, 0.717) is 5.95 Å². The molecule has 0 aliphatic rings. The minimum atomic E-state index is -0.881. The summed E-state index contributed by atoms with van der Waals surface area (Å²) in [5, 5.41) is 1.91. The lowest BCUT2D eigenvalue weighted by Crippen LogP contribution is -2.36. The second-order valence-electron chi connectivity index (χ2n) is 3.83. The van der Waals surface area contributed by atoms with E-state index in [1.165, 1.54) is 17.3 Å². The van der Waals surface area contributed by atoms with E-state index < -0.39 is 24.6 Å². The number of anilines is 1. The van der Waals surface area contributed by atoms with E-state index in [2.05, 4.69) is 14.7 Å². The zero-order valence-electron chi connectivity index (χ0n) is 11.7. The van der Waals surface area contributed by atoms with Gasteiger partial charge in [0.15, 0.2) is 6.61 Å². The van der Waals surface area contributed by atoms with Crippen molar-refractivity contribution in [1.29, 1.82) is 0 Å². The molecular weight excluding hydrogens is 280 g/mol. The van der Waals surface area contributed by atoms with E-state index in [0.717, 1.165) is 0 Å². The molecule has 0 atom stereocenters. The average molecular weight is 296 g/mol. The Kier molecular flexibility index (Phi) is 6.58. The Balaban J connectivity index is 2.31. The van der Waals surface area contributed by atoms with Gasteiger partial charge in [-0.3, -0.25) is 14.9 Å². The van der Waals surface area contributed by atoms with Gasteiger partial charge in [-0.15, -0.1) is 0 Å². The number of carbonyl (C=O) groups excluding carboxylic acids is 3. The number of ether oxygens (including phenoxy) is 2. The van der Waals surface area contributed by atoms with Crippen LogP contribution < -0.4 is 10.2 Å². The Morgan fingerprint density at radius 1 is 1.24 bits per heavy atom. The monoisotopic (exact) mass is 296 g/mol. The molecule has 0 aliphatic heterocycles. The first-order valence-corrected chi connectivity index (χ1v) is 6.13. The topological polar surface area (TPSA) is 111 Å². The maximum atomic E-state index is 11.5. The van der Waals surface area contributed by atoms with Crippen molar-refractivity contribution in [3.63, 3.8) is 0 Å². The lowest BCUT2D eigenvalue weighted by Gasteiger charge is -2.15. The van der Waals surface area contributed by atoms with Crippen LogP contribution >= 0.6 is 0 Å². The first kappa shape index (κ1) is 16.3. The number of imide groups is 1. The number of rotatable bonds is 6. The molecule has 0 bridgehead atoms. The fourth-order valence-corrected chi connectivity index (χ4v) is 1.26. The van der Waals surface area contributed by atoms with E-state index in [1.807, 2.05) is 5.32 Å². The summed E-state index contributed by atoms with van der Waals surface area (Å²) in [5.41, 5.74) is 0. The molecule has 0 radical (unpaired) electrons. The van der Waals surface area contributed by atoms with Gasteiger partial charge in [-0.2, -0.15) is 0 Å². The predicted molar refractivity (Wildman–Crippen MR) is 71.4 cm³/mol. The zero-order chi connectivity index (χ0) is 15.7. The average Bonchev–Trinajstić information content (AvgIpc) is 2.46. The standard InChI is InChI=1S/C12H16N4O5/c1-3-20-12(19)15-9(17)8-21-10(18)7-16(2)11-13-5-4-6-14-11/h4-6H,3,7-8H2,1-2H3,(H,15,17,19). The molecule has 21 heavy (non-hydrogen) atoms. The highest BCUT2D eigenvalue weighted by atomic mass is 16.6. The minimum absolute atomic E-state index is 0.128. The molecule has 0 aliphatic carbocycles. The molecule has 114 valence electrons. The first-order valence-electron chi connectivity index (χ1n) is 6.13. The van der Waals surface area contributed by atoms with Gasteiger partial charge in [-0.05, 0) is 13.0 Å². The van der Waals surface area contributed by atoms with Crippen LogP contribution in [0.1, 0.15) is 6.92 Å². The molecule has 0 spiro atoms. The molecule has 0 fully saturated rings. The second-order valence-corrected chi connectivity index (χ2v) is 3.83. The summed E-state index contributed by atoms with van der Waals surface area (Å²) in [4.78, 5) is 43.1. The maximum absolute atomic E-state index is 11.5. The van der Waals surface area contributed by atoms with E-state index in [1.54, 1.807) is 20.0 Å². The van der Waals surface area contributed by atoms with Crippen molar-refractivity contribution in [2.45, 2.75) is 6.92 Å². The van der Waals surface area contributed by atoms with Gasteiger partial charge in [-0.25, -0.2) is 14.8 Å². The number of nitrogens with one attached hydrogen (secondary N) is 1. The molecule has 9 nitrogen and oxygen atoms in total. The van der Waals surface area contributed by atoms with Gasteiger partial charge >= 0.3 is 12.1 Å². The van der Waals surface area contributed by atoms with E-state index in [4.69, 9.17) is 4.74 Å². The Bertz CT molecular complexity index is 494. The smallest absolute Gasteiger partial charge is 0.413 e. The molecule has 0 saturated carbocycles. The van der Waals surface area contributed by atoms with Crippen LogP contribution in [-0.2, 0) is 19.1 Å². The maximum Gasteiger partial charge on any atom is 0.413 e. The summed E-state index contributed by atoms with van der Waals surface area (Å²) in [7, 11) is 1.61. The first-order chi connectivity index (χ1) is 10.0. The molecule has 1 aromatic rings. The summed E-state index contributed by atoms with van der Waals surface area (Å²) in [6.07, 6.45) is 2.20. The van der Waals surface area contributed by atoms with Crippen LogP contribution in [0.5, 0.6) is 0 Å². The van der Waals surface area contributed by atoms with Crippen LogP contribution in [0.2, 0.25) is 0 Å². The lowest BCUT2D eigenvalue weighted by atomic mass is 10.5. The van der Waals surface area contributed by atoms with Crippen molar-refractivity contribution in [1.82, 2.24) is 15.3 Å². The molecule has 0 saturated heterocycles. The van der Waals surface area contributed by atoms with Crippen molar-refractivity contribution in [2.75, 3.05) is 31.7 Å². The number of carbonyl (C=O) groups is 3. The molecule has 9 heteroatoms. The lowest BCUT2D eigenvalue weighted by molar-refractivity contribution is -0.147. The van der Waals surface area contributed by atoms with Crippen molar-refractivity contribution in [3.8, 4) is 0 Å². The quantitative estimate of drug-likeness (QED) is 0.714. The molecule has 2 amide bonds. The van der Waals surface area contributed by atoms with Crippen molar-refractivity contribution >= 4 is 23.9 Å². The second kappa shape index (κ2) is 8.46. The van der Waals surface area contributed by atoms with Gasteiger partial charge in [0.2, 0.25) is 5.95 Å². The molecule has 1 aromatic heterocycles. The Hall–Kier alpha value is -2.71. The van der Waals surface area contributed by atoms with Gasteiger partial charge in [0.1, 0.15) is 6.54 Å². The molecule has 1 N–H and O–H groups in total. The normalized spacial score (nSPS) is 9.62. The van der Waals surface area contributed by atoms with E-state index >= 15 is 0 Å². The van der Waals surface area contributed by atoms with Crippen LogP contribution in [0.25, 0.3) is 0 Å². The van der Waals surface area contributed by atoms with Crippen molar-refractivity contribution in [2.24, 2.45) is 0 Å². The molecule has 0 aromatic carbocycles. The van der Waals surface area contributed by atoms with Crippen molar-refractivity contribution < 1.29 is 23.9 Å². The molecule has 1 rings (SSSR count). The number of nitrogens with zero attached hydrogens (tertiary/aromatic N) is 3. The zero-order valence-corrected chi connectivity index (χ0v) is 11.7. The molecular formula is C12H16N4O5. The fourth-order valence-electron chi connectivity index (χ4n) is 1.26. The van der Waals surface area contributed by atoms with Gasteiger partial charge in [0, 0.05) is 19.4 Å². The largest absolute Gasteiger partial charge is 0.454 e. The van der Waals surface area contributed by atoms with Crippen LogP contribution in [-0.4, -0.2) is 54.7 Å². The summed E-state index contributed by atoms with van der Waals surface area (Å²) >= 11 is 0. The number of hydrogen-bond donors (Lipinski definition) is 1. The summed E-state index contributed by atoms with van der Waals surface area (Å²) < 4.78 is 9.22. The van der Waals surface area contributed by atoms with Gasteiger partial charge in [0.05, 0.1) is 6.61 Å². The molecule has 1 heterocycles. The Morgan fingerprint density at radius 2 is 1.90 bits per heavy atom. The third kappa shape index (κ3) is 6.32. The number of esters is 1. The van der Waals surface area contributed by atoms with Crippen LogP contribution in [0, 0.1) is 0 Å². The van der Waals surface area contributed by atoms with Crippen LogP contribution in [0.3, 0.4) is 0 Å². The van der Waals surface area contributed by atoms with E-state index in [9.17, 15) is 14.4 Å².